The SMILES string of the molecule is Cc1ccc(-c2c3ccc4cc([NH-])ccc4c3oc3c2ccc2cc(=[N-])ccc23)c(N)c1.Nc1cc[c-]cc1.[Re].[Y].[Y]. The minimum Gasteiger partial charge on any atom is -0.804 e. The molecule has 0 amide bonds. The molecule has 0 unspecified atom stereocenters. The van der Waals surface area contributed by atoms with Gasteiger partial charge in [-0.15, -0.1) is 17.8 Å². The van der Waals surface area contributed by atoms with Crippen molar-refractivity contribution in [3.63, 3.8) is 0 Å². The fraction of sp³-hybridized carbons (Fsp3) is 0.0294. The van der Waals surface area contributed by atoms with Crippen molar-refractivity contribution in [2.45, 2.75) is 6.92 Å². The van der Waals surface area contributed by atoms with Gasteiger partial charge in [0.05, 0.1) is 0 Å². The summed E-state index contributed by atoms with van der Waals surface area (Å²) in [6, 6.07) is 35.1. The maximum atomic E-state index is 9.97. The summed E-state index contributed by atoms with van der Waals surface area (Å²) < 4.78 is 6.59. The molecule has 0 saturated heterocycles. The molecule has 7 aromatic rings. The van der Waals surface area contributed by atoms with Crippen LogP contribution in [0.3, 0.4) is 0 Å². The molecule has 3 radical (unpaired) electrons. The van der Waals surface area contributed by atoms with Gasteiger partial charge in [0.15, 0.2) is 0 Å². The Morgan fingerprint density at radius 3 is 1.83 bits per heavy atom. The van der Waals surface area contributed by atoms with Crippen LogP contribution in [0.15, 0.2) is 108 Å². The van der Waals surface area contributed by atoms with E-state index in [1.54, 1.807) is 42.5 Å². The van der Waals surface area contributed by atoms with Gasteiger partial charge in [-0.1, -0.05) is 66.4 Å². The third-order valence-electron chi connectivity index (χ3n) is 6.89. The van der Waals surface area contributed by atoms with Crippen LogP contribution in [0.2, 0.25) is 0 Å². The Bertz CT molecular complexity index is 2100. The molecular weight excluding hydrogens is 844 g/mol. The minimum atomic E-state index is 0. The predicted octanol–water partition coefficient (Wildman–Crippen LogP) is 8.67. The Morgan fingerprint density at radius 1 is 0.690 bits per heavy atom. The Morgan fingerprint density at radius 2 is 1.26 bits per heavy atom. The fourth-order valence-corrected chi connectivity index (χ4v) is 5.05. The third kappa shape index (κ3) is 6.71. The molecule has 5 N–H and O–H groups in total. The summed E-state index contributed by atoms with van der Waals surface area (Å²) in [5.41, 5.74) is 26.4. The smallest absolute Gasteiger partial charge is 0.143 e. The molecule has 1 heterocycles. The molecule has 203 valence electrons. The van der Waals surface area contributed by atoms with Crippen molar-refractivity contribution in [1.82, 2.24) is 0 Å². The predicted molar refractivity (Wildman–Crippen MR) is 163 cm³/mol. The first kappa shape index (κ1) is 34.1. The van der Waals surface area contributed by atoms with E-state index in [0.29, 0.717) is 11.4 Å². The molecule has 0 aliphatic heterocycles. The van der Waals surface area contributed by atoms with Crippen LogP contribution < -0.4 is 16.8 Å². The van der Waals surface area contributed by atoms with E-state index in [1.165, 1.54) is 0 Å². The maximum Gasteiger partial charge on any atom is 0.143 e. The minimum absolute atomic E-state index is 0. The van der Waals surface area contributed by atoms with Crippen LogP contribution in [0, 0.1) is 13.0 Å². The number of nitrogens with zero attached hydrogens (tertiary/aromatic N) is 1. The molecular formula is C34H25N4OReY2-3. The number of nitrogens with two attached hydrogens (primary N) is 2. The van der Waals surface area contributed by atoms with E-state index in [0.717, 1.165) is 65.9 Å². The van der Waals surface area contributed by atoms with E-state index in [-0.39, 0.29) is 91.2 Å². The van der Waals surface area contributed by atoms with Crippen LogP contribution in [-0.4, -0.2) is 0 Å². The molecule has 0 bridgehead atoms. The number of aryl methyl sites for hydroxylation is 1. The van der Waals surface area contributed by atoms with Gasteiger partial charge in [-0.05, 0) is 41.5 Å². The van der Waals surface area contributed by atoms with Crippen molar-refractivity contribution in [3.05, 3.63) is 131 Å². The van der Waals surface area contributed by atoms with Gasteiger partial charge in [-0.3, -0.25) is 0 Å². The summed E-state index contributed by atoms with van der Waals surface area (Å²) in [6.07, 6.45) is 0. The van der Waals surface area contributed by atoms with Crippen molar-refractivity contribution >= 4 is 60.5 Å². The van der Waals surface area contributed by atoms with Crippen LogP contribution in [0.5, 0.6) is 0 Å². The normalized spacial score (nSPS) is 10.3. The topological polar surface area (TPSA) is 111 Å². The summed E-state index contributed by atoms with van der Waals surface area (Å²) in [5, 5.41) is 15.8. The van der Waals surface area contributed by atoms with Gasteiger partial charge in [0.2, 0.25) is 0 Å². The van der Waals surface area contributed by atoms with E-state index in [2.05, 4.69) is 24.3 Å². The second-order valence-electron chi connectivity index (χ2n) is 9.63. The van der Waals surface area contributed by atoms with E-state index in [1.807, 2.05) is 49.4 Å². The van der Waals surface area contributed by atoms with Gasteiger partial charge in [0, 0.05) is 124 Å². The van der Waals surface area contributed by atoms with E-state index in [9.17, 15) is 5.41 Å². The van der Waals surface area contributed by atoms with Crippen LogP contribution in [0.25, 0.3) is 65.8 Å². The zero-order chi connectivity index (χ0) is 27.1. The average molecular weight is 870 g/mol. The molecule has 7 rings (SSSR count). The quantitative estimate of drug-likeness (QED) is 0.0746. The standard InChI is InChI=1S/C28H19N3O.C6H6N.Re.2Y/c1-15-2-7-22(25(31)12-15)26-23-8-3-16-13-18(29)5-10-20(16)27(23)32-28-21-11-6-19(30)14-17(21)4-9-24(26)28;7-6-4-2-1-3-5-6;;;/h2-14,29H,31H2,1H3;2-5H,7H2;;;/q-2;-1;;;. The second kappa shape index (κ2) is 14.4. The van der Waals surface area contributed by atoms with E-state index < -0.39 is 0 Å². The van der Waals surface area contributed by atoms with Crippen molar-refractivity contribution in [1.29, 1.82) is 0 Å². The summed E-state index contributed by atoms with van der Waals surface area (Å²) in [5.74, 6) is 0. The Hall–Kier alpha value is -2.42. The molecule has 0 aliphatic carbocycles. The largest absolute Gasteiger partial charge is 0.804 e. The van der Waals surface area contributed by atoms with Crippen LogP contribution in [0.1, 0.15) is 5.56 Å². The second-order valence-corrected chi connectivity index (χ2v) is 9.63. The van der Waals surface area contributed by atoms with Gasteiger partial charge in [0.1, 0.15) is 11.2 Å². The molecule has 5 nitrogen and oxygen atoms in total. The first-order valence-corrected chi connectivity index (χ1v) is 12.6. The summed E-state index contributed by atoms with van der Waals surface area (Å²) >= 11 is 0. The summed E-state index contributed by atoms with van der Waals surface area (Å²) in [7, 11) is 0. The zero-order valence-electron chi connectivity index (χ0n) is 22.9. The maximum absolute atomic E-state index is 9.97. The summed E-state index contributed by atoms with van der Waals surface area (Å²) in [4.78, 5) is 0. The van der Waals surface area contributed by atoms with Crippen LogP contribution >= 0.6 is 0 Å². The molecule has 0 atom stereocenters. The average Bonchev–Trinajstić information content (AvgIpc) is 2.92. The summed E-state index contributed by atoms with van der Waals surface area (Å²) in [6.45, 7) is 2.03. The first-order valence-electron chi connectivity index (χ1n) is 12.6. The van der Waals surface area contributed by atoms with Crippen molar-refractivity contribution in [2.75, 3.05) is 11.5 Å². The van der Waals surface area contributed by atoms with Gasteiger partial charge < -0.3 is 27.0 Å². The van der Waals surface area contributed by atoms with E-state index in [4.69, 9.17) is 21.6 Å². The third-order valence-corrected chi connectivity index (χ3v) is 6.89. The van der Waals surface area contributed by atoms with Crippen molar-refractivity contribution < 1.29 is 90.3 Å². The monoisotopic (exact) mass is 870 g/mol. The van der Waals surface area contributed by atoms with Gasteiger partial charge >= 0.3 is 0 Å². The molecule has 0 fully saturated rings. The van der Waals surface area contributed by atoms with Gasteiger partial charge in [-0.25, -0.2) is 0 Å². The van der Waals surface area contributed by atoms with Crippen LogP contribution in [0.4, 0.5) is 17.1 Å². The number of hydrogen-bond acceptors (Lipinski definition) is 3. The fourth-order valence-electron chi connectivity index (χ4n) is 5.05. The Balaban J connectivity index is 0.000000429. The molecule has 0 aliphatic rings. The Labute approximate surface area is 308 Å². The number of rotatable bonds is 1. The molecule has 42 heavy (non-hydrogen) atoms. The van der Waals surface area contributed by atoms with Crippen molar-refractivity contribution in [3.8, 4) is 11.1 Å². The van der Waals surface area contributed by atoms with Gasteiger partial charge in [-0.2, -0.15) is 23.6 Å². The molecule has 1 aromatic heterocycles. The number of nitrogen functional groups attached to an aromatic ring is 2. The number of benzene rings is 6. The first-order chi connectivity index (χ1) is 18.9. The number of hydrogen-bond donors (Lipinski definition) is 2. The van der Waals surface area contributed by atoms with Crippen molar-refractivity contribution in [2.24, 2.45) is 0 Å². The molecule has 0 spiro atoms. The number of fused-ring (bicyclic) bond motifs is 6. The van der Waals surface area contributed by atoms with E-state index >= 15 is 0 Å². The Kier molecular flexibility index (Phi) is 11.7. The van der Waals surface area contributed by atoms with Crippen LogP contribution in [-0.2, 0) is 85.8 Å². The number of nitrogens with one attached hydrogen (secondary N) is 1. The zero-order valence-corrected chi connectivity index (χ0v) is 31.3. The molecule has 8 heteroatoms. The molecule has 0 saturated carbocycles. The van der Waals surface area contributed by atoms with Gasteiger partial charge in [0.25, 0.3) is 0 Å². The molecule has 6 aromatic carbocycles. The number of anilines is 2.